The molecule has 14 heavy (non-hydrogen) atoms. The van der Waals surface area contributed by atoms with Crippen LogP contribution >= 0.6 is 11.6 Å². The van der Waals surface area contributed by atoms with Gasteiger partial charge in [-0.05, 0) is 17.7 Å². The number of carbonyl (C=O) groups excluding carboxylic acids is 1. The molecule has 0 fully saturated rings. The number of amides is 1. The number of benzene rings is 1. The van der Waals surface area contributed by atoms with Gasteiger partial charge in [0, 0.05) is 11.4 Å². The lowest BCUT2D eigenvalue weighted by Crippen LogP contribution is -2.47. The molecule has 1 aliphatic heterocycles. The van der Waals surface area contributed by atoms with Crippen LogP contribution in [0.15, 0.2) is 18.2 Å². The zero-order chi connectivity index (χ0) is 10.3. The molecule has 74 valence electrons. The minimum absolute atomic E-state index is 0.366. The molecule has 5 heteroatoms. The first-order valence-electron chi connectivity index (χ1n) is 4.17. The van der Waals surface area contributed by atoms with E-state index in [-0.39, 0.29) is 0 Å². The van der Waals surface area contributed by atoms with Crippen molar-refractivity contribution >= 4 is 23.2 Å². The number of nitrogens with two attached hydrogens (primary N) is 1. The molecule has 1 atom stereocenters. The van der Waals surface area contributed by atoms with Crippen LogP contribution in [0.4, 0.5) is 5.69 Å². The van der Waals surface area contributed by atoms with Crippen LogP contribution in [-0.4, -0.2) is 17.2 Å². The van der Waals surface area contributed by atoms with Crippen molar-refractivity contribution in [3.63, 3.8) is 0 Å². The van der Waals surface area contributed by atoms with Crippen molar-refractivity contribution in [1.29, 1.82) is 0 Å². The summed E-state index contributed by atoms with van der Waals surface area (Å²) in [4.78, 5) is 11.3. The average molecular weight is 213 g/mol. The van der Waals surface area contributed by atoms with E-state index in [9.17, 15) is 10.0 Å². The highest BCUT2D eigenvalue weighted by Gasteiger charge is 2.30. The highest BCUT2D eigenvalue weighted by atomic mass is 35.5. The number of hydrogen-bond acceptors (Lipinski definition) is 3. The monoisotopic (exact) mass is 212 g/mol. The van der Waals surface area contributed by atoms with Crippen LogP contribution in [0, 0.1) is 0 Å². The van der Waals surface area contributed by atoms with Crippen molar-refractivity contribution in [1.82, 2.24) is 0 Å². The second kappa shape index (κ2) is 3.24. The molecule has 0 saturated carbocycles. The molecular weight excluding hydrogens is 204 g/mol. The van der Waals surface area contributed by atoms with Crippen molar-refractivity contribution in [3.05, 3.63) is 28.8 Å². The van der Waals surface area contributed by atoms with E-state index in [4.69, 9.17) is 17.3 Å². The molecule has 1 amide bonds. The van der Waals surface area contributed by atoms with Crippen molar-refractivity contribution in [2.45, 2.75) is 12.5 Å². The minimum atomic E-state index is -0.715. The second-order valence-corrected chi connectivity index (χ2v) is 3.61. The molecule has 0 aromatic heterocycles. The fourth-order valence-electron chi connectivity index (χ4n) is 1.53. The first-order chi connectivity index (χ1) is 6.61. The highest BCUT2D eigenvalue weighted by molar-refractivity contribution is 6.32. The third kappa shape index (κ3) is 1.28. The first kappa shape index (κ1) is 9.45. The van der Waals surface area contributed by atoms with E-state index >= 15 is 0 Å². The summed E-state index contributed by atoms with van der Waals surface area (Å²) in [5.74, 6) is -0.500. The standard InChI is InChI=1S/C9H9ClN2O2/c10-6-2-1-3-8-5(6)4-7(11)9(13)12(8)14/h1-3,7,14H,4,11H2/t7-/m0/s1. The van der Waals surface area contributed by atoms with Crippen molar-refractivity contribution in [2.24, 2.45) is 5.73 Å². The Morgan fingerprint density at radius 2 is 2.29 bits per heavy atom. The fourth-order valence-corrected chi connectivity index (χ4v) is 1.78. The third-order valence-corrected chi connectivity index (χ3v) is 2.63. The zero-order valence-electron chi connectivity index (χ0n) is 7.27. The van der Waals surface area contributed by atoms with Gasteiger partial charge in [-0.1, -0.05) is 17.7 Å². The maximum absolute atomic E-state index is 11.3. The normalized spacial score (nSPS) is 20.9. The number of carbonyl (C=O) groups is 1. The van der Waals surface area contributed by atoms with Crippen LogP contribution in [0.1, 0.15) is 5.56 Å². The van der Waals surface area contributed by atoms with Crippen molar-refractivity contribution in [2.75, 3.05) is 5.06 Å². The van der Waals surface area contributed by atoms with E-state index in [2.05, 4.69) is 0 Å². The number of fused-ring (bicyclic) bond motifs is 1. The predicted octanol–water partition coefficient (Wildman–Crippen LogP) is 0.946. The van der Waals surface area contributed by atoms with Gasteiger partial charge in [-0.2, -0.15) is 5.06 Å². The second-order valence-electron chi connectivity index (χ2n) is 3.20. The van der Waals surface area contributed by atoms with Crippen LogP contribution in [0.5, 0.6) is 0 Å². The smallest absolute Gasteiger partial charge is 0.267 e. The molecule has 4 nitrogen and oxygen atoms in total. The Morgan fingerprint density at radius 3 is 3.00 bits per heavy atom. The van der Waals surface area contributed by atoms with Gasteiger partial charge >= 0.3 is 0 Å². The van der Waals surface area contributed by atoms with Crippen LogP contribution in [0.3, 0.4) is 0 Å². The van der Waals surface area contributed by atoms with E-state index in [1.165, 1.54) is 0 Å². The highest BCUT2D eigenvalue weighted by Crippen LogP contribution is 2.31. The summed E-state index contributed by atoms with van der Waals surface area (Å²) in [6.07, 6.45) is 0.366. The van der Waals surface area contributed by atoms with Gasteiger partial charge in [0.05, 0.1) is 11.7 Å². The summed E-state index contributed by atoms with van der Waals surface area (Å²) in [5, 5.41) is 10.6. The molecule has 1 heterocycles. The molecule has 0 unspecified atom stereocenters. The number of rotatable bonds is 0. The van der Waals surface area contributed by atoms with Crippen molar-refractivity contribution < 1.29 is 10.0 Å². The van der Waals surface area contributed by atoms with Gasteiger partial charge in [-0.15, -0.1) is 0 Å². The van der Waals surface area contributed by atoms with Gasteiger partial charge < -0.3 is 5.73 Å². The Kier molecular flexibility index (Phi) is 2.19. The summed E-state index contributed by atoms with van der Waals surface area (Å²) in [6.45, 7) is 0. The molecular formula is C9H9ClN2O2. The molecule has 1 aromatic rings. The van der Waals surface area contributed by atoms with Gasteiger partial charge in [-0.3, -0.25) is 10.0 Å². The summed E-state index contributed by atoms with van der Waals surface area (Å²) >= 11 is 5.92. The molecule has 0 radical (unpaired) electrons. The van der Waals surface area contributed by atoms with E-state index in [0.29, 0.717) is 27.8 Å². The largest absolute Gasteiger partial charge is 0.320 e. The van der Waals surface area contributed by atoms with E-state index < -0.39 is 11.9 Å². The van der Waals surface area contributed by atoms with Gasteiger partial charge in [0.2, 0.25) is 0 Å². The fraction of sp³-hybridized carbons (Fsp3) is 0.222. The quantitative estimate of drug-likeness (QED) is 0.630. The Labute approximate surface area is 85.8 Å². The SMILES string of the molecule is N[C@H]1Cc2c(Cl)cccc2N(O)C1=O. The Hall–Kier alpha value is -1.10. The van der Waals surface area contributed by atoms with E-state index in [1.54, 1.807) is 18.2 Å². The third-order valence-electron chi connectivity index (χ3n) is 2.27. The number of hydrogen-bond donors (Lipinski definition) is 2. The van der Waals surface area contributed by atoms with Gasteiger partial charge in [0.1, 0.15) is 0 Å². The van der Waals surface area contributed by atoms with Gasteiger partial charge in [0.15, 0.2) is 0 Å². The molecule has 3 N–H and O–H groups in total. The first-order valence-corrected chi connectivity index (χ1v) is 4.55. The molecule has 1 aliphatic rings. The Morgan fingerprint density at radius 1 is 1.57 bits per heavy atom. The number of nitrogens with zero attached hydrogens (tertiary/aromatic N) is 1. The van der Waals surface area contributed by atoms with Crippen LogP contribution in [-0.2, 0) is 11.2 Å². The lowest BCUT2D eigenvalue weighted by Gasteiger charge is -2.27. The summed E-state index contributed by atoms with van der Waals surface area (Å²) in [7, 11) is 0. The van der Waals surface area contributed by atoms with E-state index in [1.807, 2.05) is 0 Å². The summed E-state index contributed by atoms with van der Waals surface area (Å²) in [5.41, 5.74) is 6.67. The van der Waals surface area contributed by atoms with Gasteiger partial charge in [-0.25, -0.2) is 0 Å². The maximum Gasteiger partial charge on any atom is 0.267 e. The Bertz CT molecular complexity index is 394. The Balaban J connectivity index is 2.56. The number of hydroxylamine groups is 1. The lowest BCUT2D eigenvalue weighted by atomic mass is 9.99. The molecule has 1 aromatic carbocycles. The van der Waals surface area contributed by atoms with Crippen molar-refractivity contribution in [3.8, 4) is 0 Å². The van der Waals surface area contributed by atoms with Crippen LogP contribution in [0.25, 0.3) is 0 Å². The lowest BCUT2D eigenvalue weighted by molar-refractivity contribution is -0.125. The average Bonchev–Trinajstić information content (AvgIpc) is 2.17. The maximum atomic E-state index is 11.3. The van der Waals surface area contributed by atoms with Gasteiger partial charge in [0.25, 0.3) is 5.91 Å². The minimum Gasteiger partial charge on any atom is -0.320 e. The molecule has 0 spiro atoms. The molecule has 2 rings (SSSR count). The van der Waals surface area contributed by atoms with Crippen LogP contribution < -0.4 is 10.8 Å². The van der Waals surface area contributed by atoms with Crippen LogP contribution in [0.2, 0.25) is 5.02 Å². The summed E-state index contributed by atoms with van der Waals surface area (Å²) < 4.78 is 0. The predicted molar refractivity (Wildman–Crippen MR) is 52.4 cm³/mol. The number of anilines is 1. The topological polar surface area (TPSA) is 66.6 Å². The number of halogens is 1. The zero-order valence-corrected chi connectivity index (χ0v) is 8.03. The summed E-state index contributed by atoms with van der Waals surface area (Å²) in [6, 6.07) is 4.29. The molecule has 0 bridgehead atoms. The molecule has 0 saturated heterocycles. The van der Waals surface area contributed by atoms with E-state index in [0.717, 1.165) is 0 Å². The molecule has 0 aliphatic carbocycles.